The SMILES string of the molecule is CC1(C)\C(=C/C=C/C=C/C2N(CCCS(=O)(=O)O)c3cc(S(=O)(=O)O)c4cc(-c5cc(C(=O)NCCS(=O)(=O)O)nc(C(=O)NCCS(=O)(=O)O)c5)ccc4c3C2(C)C)N(CCCCCC(=O)O)c2cc(S(=O)(=O)O)c3cc(-c4cc(C(=O)NCCS(=O)(=O)O)nc(C(=O)NCCS(=O)(=O)O)c4)ccc3c21. The van der Waals surface area contributed by atoms with Gasteiger partial charge in [-0.2, -0.15) is 58.9 Å². The minimum Gasteiger partial charge on any atom is -0.481 e. The van der Waals surface area contributed by atoms with Crippen LogP contribution in [-0.2, 0) is 86.5 Å². The van der Waals surface area contributed by atoms with Gasteiger partial charge in [0, 0.05) is 84.4 Å². The topological polar surface area (TPSA) is 567 Å². The van der Waals surface area contributed by atoms with E-state index in [9.17, 15) is 120 Å². The Bertz CT molecular complexity index is 5380. The van der Waals surface area contributed by atoms with Gasteiger partial charge in [-0.15, -0.1) is 0 Å². The van der Waals surface area contributed by atoms with Gasteiger partial charge in [0.2, 0.25) is 0 Å². The van der Waals surface area contributed by atoms with E-state index in [0.29, 0.717) is 35.4 Å². The number of allylic oxidation sites excluding steroid dienone is 5. The summed E-state index contributed by atoms with van der Waals surface area (Å²) in [7, 11) is -33.2. The molecule has 0 saturated carbocycles. The summed E-state index contributed by atoms with van der Waals surface area (Å²) < 4.78 is 239. The molecule has 0 spiro atoms. The van der Waals surface area contributed by atoms with E-state index in [2.05, 4.69) is 31.2 Å². The predicted octanol–water partition coefficient (Wildman–Crippen LogP) is 4.26. The molecule has 35 nitrogen and oxygen atoms in total. The smallest absolute Gasteiger partial charge is 0.303 e. The molecule has 0 aliphatic carbocycles. The summed E-state index contributed by atoms with van der Waals surface area (Å²) in [6.45, 7) is 4.77. The summed E-state index contributed by atoms with van der Waals surface area (Å²) in [5.74, 6) is -9.66. The molecular weight excluding hydrogens is 1540 g/mol. The summed E-state index contributed by atoms with van der Waals surface area (Å²) in [5.41, 5.74) is -1.95. The summed E-state index contributed by atoms with van der Waals surface area (Å²) in [5, 5.41) is 18.7. The number of fused-ring (bicyclic) bond motifs is 6. The Morgan fingerprint density at radius 2 is 0.840 bits per heavy atom. The van der Waals surface area contributed by atoms with Gasteiger partial charge in [0.1, 0.15) is 32.6 Å². The van der Waals surface area contributed by atoms with Crippen molar-refractivity contribution in [3.8, 4) is 22.3 Å². The van der Waals surface area contributed by atoms with Crippen LogP contribution in [0.25, 0.3) is 43.8 Å². The highest BCUT2D eigenvalue weighted by molar-refractivity contribution is 7.87. The van der Waals surface area contributed by atoms with Gasteiger partial charge >= 0.3 is 5.97 Å². The van der Waals surface area contributed by atoms with E-state index >= 15 is 0 Å². The number of amides is 4. The number of nitrogens with zero attached hydrogens (tertiary/aromatic N) is 4. The number of benzene rings is 4. The van der Waals surface area contributed by atoms with E-state index in [0.717, 1.165) is 24.3 Å². The lowest BCUT2D eigenvalue weighted by Crippen LogP contribution is -2.40. The van der Waals surface area contributed by atoms with Crippen LogP contribution in [0.2, 0.25) is 0 Å². The van der Waals surface area contributed by atoms with Crippen molar-refractivity contribution in [3.05, 3.63) is 143 Å². The van der Waals surface area contributed by atoms with Crippen LogP contribution in [-0.4, -0.2) is 210 Å². The molecule has 42 heteroatoms. The van der Waals surface area contributed by atoms with Gasteiger partial charge < -0.3 is 36.2 Å². The fourth-order valence-corrected chi connectivity index (χ4v) is 16.0. The quantitative estimate of drug-likeness (QED) is 0.0155. The molecule has 4 heterocycles. The third kappa shape index (κ3) is 21.1. The number of nitrogens with one attached hydrogen (secondary N) is 4. The van der Waals surface area contributed by atoms with Crippen molar-refractivity contribution in [1.29, 1.82) is 0 Å². The second-order valence-electron chi connectivity index (χ2n) is 25.7. The number of hydrogen-bond donors (Lipinski definition) is 12. The second kappa shape index (κ2) is 32.0. The number of aromatic nitrogens is 2. The maximum Gasteiger partial charge on any atom is 0.303 e. The summed E-state index contributed by atoms with van der Waals surface area (Å²) in [4.78, 5) is 75.5. The zero-order valence-corrected chi connectivity index (χ0v) is 62.4. The van der Waals surface area contributed by atoms with Gasteiger partial charge in [-0.1, -0.05) is 82.7 Å². The molecule has 0 fully saturated rings. The fraction of sp³-hybridized carbons (Fsp3) is 0.359. The van der Waals surface area contributed by atoms with Crippen LogP contribution in [0.4, 0.5) is 11.4 Å². The lowest BCUT2D eigenvalue weighted by atomic mass is 9.78. The third-order valence-corrected chi connectivity index (χ3v) is 22.7. The van der Waals surface area contributed by atoms with Crippen molar-refractivity contribution in [1.82, 2.24) is 31.2 Å². The van der Waals surface area contributed by atoms with Crippen LogP contribution in [0.3, 0.4) is 0 Å². The van der Waals surface area contributed by atoms with Gasteiger partial charge in [0.05, 0.1) is 34.8 Å². The fourth-order valence-electron chi connectivity index (χ4n) is 12.7. The molecule has 2 aromatic heterocycles. The van der Waals surface area contributed by atoms with Crippen molar-refractivity contribution >= 4 is 133 Å². The standard InChI is InChI=1S/C64H74N8O27S7/c1-63(2)54(71(23-10-6-9-14-56(73)74)50-36-52(105(94,95)96)44-30-38(15-17-42(44)57(50)63)40-32-46(59(75)65-19-26-101(82,83)84)69-47(33-40)60(76)66-20-27-102(85,86)87)12-7-5-8-13-55-64(3,4)58-43-18-16-39(31-45(43)53(106(97,98)99)37-51(58)72(55)24-11-25-100(79,80)81)41-34-48(61(77)67-21-28-103(88,89)90)70-49(35-41)62(78)68-22-29-104(91,92)93/h5,7-8,12-13,15-18,30-37,55H,6,9-11,14,19-29H2,1-4H3,(H,65,75)(H,66,76)(H,67,77)(H,68,78)(H,73,74)(H,79,80,81)(H,82,83,84)(H,85,86,87)(H,88,89,90)(H,91,92,93)(H,94,95,96)(H,97,98,99)/b7-5+,13-8+,54-12+. The average molecular weight is 1610 g/mol. The highest BCUT2D eigenvalue weighted by Gasteiger charge is 2.46. The zero-order chi connectivity index (χ0) is 78.7. The number of pyridine rings is 2. The number of anilines is 2. The highest BCUT2D eigenvalue weighted by atomic mass is 32.2. The summed E-state index contributed by atoms with van der Waals surface area (Å²) in [6, 6.07) is 14.8. The Hall–Kier alpha value is -8.76. The van der Waals surface area contributed by atoms with Crippen LogP contribution >= 0.6 is 0 Å². The number of carbonyl (C=O) groups is 5. The van der Waals surface area contributed by atoms with Crippen molar-refractivity contribution in [2.75, 3.05) is 77.8 Å². The molecule has 1 atom stereocenters. The van der Waals surface area contributed by atoms with Crippen LogP contribution in [0.1, 0.15) is 113 Å². The largest absolute Gasteiger partial charge is 0.481 e. The number of carbonyl (C=O) groups excluding carboxylic acids is 4. The number of rotatable bonds is 33. The van der Waals surface area contributed by atoms with Crippen molar-refractivity contribution in [3.63, 3.8) is 0 Å². The van der Waals surface area contributed by atoms with E-state index in [4.69, 9.17) is 0 Å². The maximum absolute atomic E-state index is 13.6. The molecule has 6 aromatic rings. The summed E-state index contributed by atoms with van der Waals surface area (Å²) >= 11 is 0. The van der Waals surface area contributed by atoms with Gasteiger partial charge in [-0.3, -0.25) is 55.8 Å². The molecule has 0 bridgehead atoms. The zero-order valence-electron chi connectivity index (χ0n) is 56.7. The molecule has 8 rings (SSSR count). The minimum atomic E-state index is -5.21. The minimum absolute atomic E-state index is 0.00712. The maximum atomic E-state index is 13.6. The normalized spacial score (nSPS) is 15.9. The Balaban J connectivity index is 1.22. The highest BCUT2D eigenvalue weighted by Crippen LogP contribution is 2.54. The van der Waals surface area contributed by atoms with Gasteiger partial charge in [-0.05, 0) is 118 Å². The van der Waals surface area contributed by atoms with Gasteiger partial charge in [0.25, 0.3) is 94.5 Å². The lowest BCUT2D eigenvalue weighted by molar-refractivity contribution is -0.137. The molecule has 0 saturated heterocycles. The van der Waals surface area contributed by atoms with E-state index in [1.807, 2.05) is 13.8 Å². The molecule has 4 aromatic carbocycles. The number of carboxylic acids is 1. The first kappa shape index (κ1) is 82.9. The first-order valence-corrected chi connectivity index (χ1v) is 42.8. The van der Waals surface area contributed by atoms with E-state index in [1.165, 1.54) is 48.5 Å². The molecule has 2 aliphatic heterocycles. The Labute approximate surface area is 609 Å². The first-order chi connectivity index (χ1) is 48.9. The second-order valence-corrected chi connectivity index (χ2v) is 36.4. The predicted molar refractivity (Wildman–Crippen MR) is 387 cm³/mol. The van der Waals surface area contributed by atoms with E-state index in [-0.39, 0.29) is 81.8 Å². The van der Waals surface area contributed by atoms with E-state index < -0.39 is 205 Å². The van der Waals surface area contributed by atoms with Crippen molar-refractivity contribution < 1.29 is 120 Å². The molecule has 0 radical (unpaired) electrons. The molecule has 4 amide bonds. The number of carboxylic acid groups (broad SMARTS) is 1. The third-order valence-electron chi connectivity index (χ3n) is 17.3. The van der Waals surface area contributed by atoms with E-state index in [1.54, 1.807) is 54.0 Å². The number of aliphatic carboxylic acids is 1. The summed E-state index contributed by atoms with van der Waals surface area (Å²) in [6.07, 6.45) is 9.00. The molecule has 12 N–H and O–H groups in total. The average Bonchev–Trinajstić information content (AvgIpc) is 1.54. The van der Waals surface area contributed by atoms with Crippen LogP contribution in [0.15, 0.2) is 119 Å². The monoisotopic (exact) mass is 1610 g/mol. The van der Waals surface area contributed by atoms with Crippen LogP contribution in [0, 0.1) is 0 Å². The Morgan fingerprint density at radius 1 is 0.443 bits per heavy atom. The Morgan fingerprint density at radius 3 is 1.23 bits per heavy atom. The number of unbranched alkanes of at least 4 members (excludes halogenated alkanes) is 2. The van der Waals surface area contributed by atoms with Gasteiger partial charge in [-0.25, -0.2) is 9.97 Å². The molecular formula is C64H74N8O27S7. The van der Waals surface area contributed by atoms with Crippen LogP contribution in [0.5, 0.6) is 0 Å². The first-order valence-electron chi connectivity index (χ1n) is 31.9. The van der Waals surface area contributed by atoms with Crippen molar-refractivity contribution in [2.45, 2.75) is 86.5 Å². The van der Waals surface area contributed by atoms with Gasteiger partial charge in [0.15, 0.2) is 0 Å². The van der Waals surface area contributed by atoms with Crippen molar-refractivity contribution in [2.24, 2.45) is 0 Å². The molecule has 106 heavy (non-hydrogen) atoms. The molecule has 574 valence electrons. The Kier molecular flexibility index (Phi) is 25.0. The molecule has 1 unspecified atom stereocenters. The molecule has 2 aliphatic rings. The lowest BCUT2D eigenvalue weighted by Gasteiger charge is -2.32. The number of hydrogen-bond acceptors (Lipinski definition) is 23. The van der Waals surface area contributed by atoms with Crippen LogP contribution < -0.4 is 31.1 Å².